The number of halogens is 1. The van der Waals surface area contributed by atoms with E-state index in [0.29, 0.717) is 23.9 Å². The highest BCUT2D eigenvalue weighted by molar-refractivity contribution is 9.10. The summed E-state index contributed by atoms with van der Waals surface area (Å²) < 4.78 is 8.66. The van der Waals surface area contributed by atoms with E-state index in [2.05, 4.69) is 43.6 Å². The van der Waals surface area contributed by atoms with Crippen LogP contribution in [0.2, 0.25) is 0 Å². The lowest BCUT2D eigenvalue weighted by Gasteiger charge is -2.30. The van der Waals surface area contributed by atoms with E-state index in [4.69, 9.17) is 4.74 Å². The van der Waals surface area contributed by atoms with Crippen molar-refractivity contribution in [3.63, 3.8) is 0 Å². The summed E-state index contributed by atoms with van der Waals surface area (Å²) in [6.07, 6.45) is 2.36. The molecule has 0 bridgehead atoms. The van der Waals surface area contributed by atoms with Gasteiger partial charge >= 0.3 is 0 Å². The highest BCUT2D eigenvalue weighted by Gasteiger charge is 2.35. The number of hydrogen-bond acceptors (Lipinski definition) is 5. The van der Waals surface area contributed by atoms with E-state index in [9.17, 15) is 4.79 Å². The lowest BCUT2D eigenvalue weighted by molar-refractivity contribution is -0.113. The Balaban J connectivity index is 1.80. The van der Waals surface area contributed by atoms with Crippen molar-refractivity contribution in [2.24, 2.45) is 0 Å². The fourth-order valence-electron chi connectivity index (χ4n) is 3.89. The van der Waals surface area contributed by atoms with Crippen LogP contribution in [0.1, 0.15) is 43.0 Å². The van der Waals surface area contributed by atoms with Gasteiger partial charge in [0.25, 0.3) is 5.91 Å². The molecule has 0 spiro atoms. The predicted molar refractivity (Wildman–Crippen MR) is 129 cm³/mol. The number of aryl methyl sites for hydroxylation is 2. The van der Waals surface area contributed by atoms with Crippen molar-refractivity contribution in [1.29, 1.82) is 0 Å². The maximum Gasteiger partial charge on any atom is 0.255 e. The number of carbonyl (C=O) groups excluding carboxylic acids is 1. The van der Waals surface area contributed by atoms with Gasteiger partial charge in [0.05, 0.1) is 12.2 Å². The summed E-state index contributed by atoms with van der Waals surface area (Å²) >= 11 is 3.57. The van der Waals surface area contributed by atoms with E-state index >= 15 is 0 Å². The van der Waals surface area contributed by atoms with Crippen molar-refractivity contribution in [3.05, 3.63) is 75.2 Å². The van der Waals surface area contributed by atoms with Crippen LogP contribution in [0.25, 0.3) is 0 Å². The van der Waals surface area contributed by atoms with Gasteiger partial charge in [-0.15, -0.1) is 0 Å². The van der Waals surface area contributed by atoms with Crippen molar-refractivity contribution >= 4 is 33.5 Å². The van der Waals surface area contributed by atoms with Crippen LogP contribution in [0.15, 0.2) is 58.5 Å². The third kappa shape index (κ3) is 4.27. The molecule has 8 heteroatoms. The van der Waals surface area contributed by atoms with E-state index in [1.165, 1.54) is 6.33 Å². The van der Waals surface area contributed by atoms with Gasteiger partial charge in [-0.05, 0) is 57.0 Å². The molecule has 1 aliphatic heterocycles. The third-order valence-electron chi connectivity index (χ3n) is 5.40. The number of anilines is 2. The van der Waals surface area contributed by atoms with Gasteiger partial charge in [0.15, 0.2) is 0 Å². The van der Waals surface area contributed by atoms with Gasteiger partial charge in [0, 0.05) is 21.4 Å². The zero-order valence-corrected chi connectivity index (χ0v) is 20.2. The maximum atomic E-state index is 13.6. The first-order chi connectivity index (χ1) is 15.4. The van der Waals surface area contributed by atoms with Gasteiger partial charge in [-0.25, -0.2) is 4.68 Å². The Bertz CT molecular complexity index is 1200. The predicted octanol–water partition coefficient (Wildman–Crippen LogP) is 5.37. The van der Waals surface area contributed by atoms with E-state index in [-0.39, 0.29) is 5.91 Å². The van der Waals surface area contributed by atoms with Gasteiger partial charge in [-0.3, -0.25) is 4.79 Å². The normalized spacial score (nSPS) is 15.2. The first-order valence-electron chi connectivity index (χ1n) is 10.6. The minimum absolute atomic E-state index is 0.200. The number of rotatable bonds is 6. The average molecular weight is 496 g/mol. The van der Waals surface area contributed by atoms with Gasteiger partial charge in [0.2, 0.25) is 5.95 Å². The van der Waals surface area contributed by atoms with Crippen LogP contribution in [-0.2, 0) is 4.79 Å². The summed E-state index contributed by atoms with van der Waals surface area (Å²) in [4.78, 5) is 17.9. The molecule has 0 aliphatic carbocycles. The number of nitrogens with zero attached hydrogens (tertiary/aromatic N) is 3. The number of carbonyl (C=O) groups is 1. The number of ether oxygens (including phenoxy) is 1. The van der Waals surface area contributed by atoms with Crippen LogP contribution >= 0.6 is 15.9 Å². The number of amides is 1. The van der Waals surface area contributed by atoms with E-state index in [1.54, 1.807) is 4.68 Å². The molecule has 1 amide bonds. The van der Waals surface area contributed by atoms with Crippen molar-refractivity contribution in [2.45, 2.75) is 40.2 Å². The molecule has 1 aromatic heterocycles. The Morgan fingerprint density at radius 1 is 1.22 bits per heavy atom. The molecule has 2 N–H and O–H groups in total. The summed E-state index contributed by atoms with van der Waals surface area (Å²) in [5.74, 6) is 1.10. The average Bonchev–Trinajstić information content (AvgIpc) is 3.21. The van der Waals surface area contributed by atoms with E-state index in [1.807, 2.05) is 57.2 Å². The van der Waals surface area contributed by atoms with E-state index < -0.39 is 6.04 Å². The van der Waals surface area contributed by atoms with Crippen LogP contribution < -0.4 is 15.4 Å². The van der Waals surface area contributed by atoms with Crippen LogP contribution in [0.5, 0.6) is 5.75 Å². The zero-order chi connectivity index (χ0) is 22.8. The Morgan fingerprint density at radius 3 is 2.78 bits per heavy atom. The van der Waals surface area contributed by atoms with Crippen LogP contribution in [0.4, 0.5) is 11.6 Å². The molecular formula is C24H26BrN5O2. The van der Waals surface area contributed by atoms with Gasteiger partial charge in [-0.2, -0.15) is 10.1 Å². The Labute approximate surface area is 196 Å². The first-order valence-corrected chi connectivity index (χ1v) is 11.4. The summed E-state index contributed by atoms with van der Waals surface area (Å²) in [6, 6.07) is 11.3. The number of aromatic nitrogens is 3. The highest BCUT2D eigenvalue weighted by atomic mass is 79.9. The largest absolute Gasteiger partial charge is 0.493 e. The molecule has 0 saturated carbocycles. The lowest BCUT2D eigenvalue weighted by Crippen LogP contribution is -2.32. The molecule has 32 heavy (non-hydrogen) atoms. The summed E-state index contributed by atoms with van der Waals surface area (Å²) in [7, 11) is 0. The van der Waals surface area contributed by atoms with E-state index in [0.717, 1.165) is 39.0 Å². The first kappa shape index (κ1) is 22.1. The molecule has 0 radical (unpaired) electrons. The fraction of sp³-hybridized carbons (Fsp3) is 0.292. The summed E-state index contributed by atoms with van der Waals surface area (Å²) in [6.45, 7) is 8.54. The Morgan fingerprint density at radius 2 is 2.03 bits per heavy atom. The molecule has 4 rings (SSSR count). The SMILES string of the molecule is CCCOc1ccc(Br)cc1[C@H]1C(C(=O)Nc2ccc(C)cc2C)=C(C)Nc2ncnn21. The number of fused-ring (bicyclic) bond motifs is 1. The van der Waals surface area contributed by atoms with Crippen molar-refractivity contribution in [3.8, 4) is 5.75 Å². The minimum atomic E-state index is -0.496. The molecule has 0 saturated heterocycles. The van der Waals surface area contributed by atoms with Gasteiger partial charge < -0.3 is 15.4 Å². The van der Waals surface area contributed by atoms with Gasteiger partial charge in [0.1, 0.15) is 18.1 Å². The number of hydrogen-bond donors (Lipinski definition) is 2. The van der Waals surface area contributed by atoms with Crippen LogP contribution in [0.3, 0.4) is 0 Å². The number of benzene rings is 2. The molecule has 2 heterocycles. The Hall–Kier alpha value is -3.13. The number of allylic oxidation sites excluding steroid dienone is 1. The summed E-state index contributed by atoms with van der Waals surface area (Å²) in [5, 5.41) is 10.7. The molecule has 166 valence electrons. The lowest BCUT2D eigenvalue weighted by atomic mass is 9.94. The van der Waals surface area contributed by atoms with Crippen molar-refractivity contribution in [2.75, 3.05) is 17.2 Å². The maximum absolute atomic E-state index is 13.6. The molecule has 3 aromatic rings. The second-order valence-corrected chi connectivity index (χ2v) is 8.81. The highest BCUT2D eigenvalue weighted by Crippen LogP contribution is 2.40. The topological polar surface area (TPSA) is 81.1 Å². The smallest absolute Gasteiger partial charge is 0.255 e. The third-order valence-corrected chi connectivity index (χ3v) is 5.89. The Kier molecular flexibility index (Phi) is 6.32. The molecule has 2 aromatic carbocycles. The van der Waals surface area contributed by atoms with Crippen LogP contribution in [-0.4, -0.2) is 27.3 Å². The standard InChI is InChI=1S/C24H26BrN5O2/c1-5-10-32-20-9-7-17(25)12-18(20)22-21(16(4)28-24-26-13-27-30(22)24)23(31)29-19-8-6-14(2)11-15(19)3/h6-9,11-13,22H,5,10H2,1-4H3,(H,29,31)(H,26,27,28)/t22-/m0/s1. The minimum Gasteiger partial charge on any atom is -0.493 e. The molecular weight excluding hydrogens is 470 g/mol. The number of nitrogens with one attached hydrogen (secondary N) is 2. The molecule has 0 fully saturated rings. The molecule has 7 nitrogen and oxygen atoms in total. The fourth-order valence-corrected chi connectivity index (χ4v) is 4.27. The molecule has 1 atom stereocenters. The second-order valence-electron chi connectivity index (χ2n) is 7.90. The quantitative estimate of drug-likeness (QED) is 0.480. The summed E-state index contributed by atoms with van der Waals surface area (Å²) in [5.41, 5.74) is 5.05. The van der Waals surface area contributed by atoms with Gasteiger partial charge in [-0.1, -0.05) is 40.5 Å². The zero-order valence-electron chi connectivity index (χ0n) is 18.6. The van der Waals surface area contributed by atoms with Crippen molar-refractivity contribution < 1.29 is 9.53 Å². The van der Waals surface area contributed by atoms with Crippen molar-refractivity contribution in [1.82, 2.24) is 14.8 Å². The van der Waals surface area contributed by atoms with Crippen LogP contribution in [0, 0.1) is 13.8 Å². The molecule has 0 unspecified atom stereocenters. The molecule has 1 aliphatic rings. The second kappa shape index (κ2) is 9.16. The monoisotopic (exact) mass is 495 g/mol.